The maximum atomic E-state index is 12.0. The zero-order valence-electron chi connectivity index (χ0n) is 12.4. The average molecular weight is 284 g/mol. The van der Waals surface area contributed by atoms with Gasteiger partial charge in [0.25, 0.3) is 5.91 Å². The number of carbonyl (C=O) groups is 1. The van der Waals surface area contributed by atoms with Crippen molar-refractivity contribution >= 4 is 11.6 Å². The Morgan fingerprint density at radius 1 is 1.19 bits per heavy atom. The van der Waals surface area contributed by atoms with Crippen LogP contribution in [0.1, 0.15) is 29.9 Å². The lowest BCUT2D eigenvalue weighted by molar-refractivity contribution is 0.0946. The predicted octanol–water partition coefficient (Wildman–Crippen LogP) is 2.25. The Morgan fingerprint density at radius 3 is 2.57 bits per heavy atom. The maximum absolute atomic E-state index is 12.0. The molecule has 0 aliphatic carbocycles. The van der Waals surface area contributed by atoms with Crippen molar-refractivity contribution < 1.29 is 4.79 Å². The van der Waals surface area contributed by atoms with Crippen molar-refractivity contribution in [1.29, 1.82) is 0 Å². The van der Waals surface area contributed by atoms with Gasteiger partial charge in [0.15, 0.2) is 0 Å². The summed E-state index contributed by atoms with van der Waals surface area (Å²) in [5.41, 5.74) is 2.42. The lowest BCUT2D eigenvalue weighted by Gasteiger charge is -2.20. The summed E-state index contributed by atoms with van der Waals surface area (Å²) >= 11 is 0. The molecule has 2 aromatic rings. The molecule has 0 saturated heterocycles. The van der Waals surface area contributed by atoms with Gasteiger partial charge in [-0.3, -0.25) is 9.78 Å². The molecule has 0 aliphatic rings. The monoisotopic (exact) mass is 284 g/mol. The van der Waals surface area contributed by atoms with Crippen LogP contribution in [0.5, 0.6) is 0 Å². The molecule has 0 fully saturated rings. The fourth-order valence-electron chi connectivity index (χ4n) is 2.07. The average Bonchev–Trinajstić information content (AvgIpc) is 2.55. The second-order valence-corrected chi connectivity index (χ2v) is 4.62. The predicted molar refractivity (Wildman–Crippen MR) is 83.2 cm³/mol. The van der Waals surface area contributed by atoms with Crippen LogP contribution in [0.2, 0.25) is 0 Å². The topological polar surface area (TPSA) is 58.1 Å². The van der Waals surface area contributed by atoms with Gasteiger partial charge in [-0.2, -0.15) is 0 Å². The zero-order valence-corrected chi connectivity index (χ0v) is 12.4. The Kier molecular flexibility index (Phi) is 5.26. The molecule has 1 N–H and O–H groups in total. The number of carbonyl (C=O) groups excluding carboxylic acids is 1. The van der Waals surface area contributed by atoms with Crippen LogP contribution >= 0.6 is 0 Å². The first kappa shape index (κ1) is 15.0. The van der Waals surface area contributed by atoms with E-state index in [-0.39, 0.29) is 5.91 Å². The quantitative estimate of drug-likeness (QED) is 0.884. The lowest BCUT2D eigenvalue weighted by atomic mass is 10.2. The van der Waals surface area contributed by atoms with Crippen molar-refractivity contribution in [3.05, 3.63) is 54.1 Å². The highest BCUT2D eigenvalue weighted by atomic mass is 16.1. The molecule has 0 radical (unpaired) electrons. The molecule has 0 saturated carbocycles. The normalized spacial score (nSPS) is 10.2. The van der Waals surface area contributed by atoms with E-state index in [1.165, 1.54) is 0 Å². The molecule has 0 unspecified atom stereocenters. The third kappa shape index (κ3) is 4.02. The number of pyridine rings is 2. The number of hydrogen-bond acceptors (Lipinski definition) is 4. The molecular weight excluding hydrogens is 264 g/mol. The molecule has 21 heavy (non-hydrogen) atoms. The van der Waals surface area contributed by atoms with Crippen molar-refractivity contribution in [2.45, 2.75) is 20.4 Å². The molecule has 0 atom stereocenters. The van der Waals surface area contributed by atoms with E-state index in [0.29, 0.717) is 12.2 Å². The molecule has 2 heterocycles. The van der Waals surface area contributed by atoms with Crippen molar-refractivity contribution in [3.8, 4) is 0 Å². The highest BCUT2D eigenvalue weighted by Gasteiger charge is 2.08. The minimum atomic E-state index is -0.176. The standard InChI is InChI=1S/C16H20N4O/c1-3-20(4-2)14-7-8-15(18-12-14)16(21)19-11-13-6-5-9-17-10-13/h5-10,12H,3-4,11H2,1-2H3,(H,19,21). The van der Waals surface area contributed by atoms with Gasteiger partial charge in [-0.1, -0.05) is 6.07 Å². The third-order valence-corrected chi connectivity index (χ3v) is 3.28. The first-order chi connectivity index (χ1) is 10.2. The summed E-state index contributed by atoms with van der Waals surface area (Å²) in [7, 11) is 0. The Hall–Kier alpha value is -2.43. The molecule has 5 heteroatoms. The van der Waals surface area contributed by atoms with E-state index >= 15 is 0 Å². The molecule has 0 spiro atoms. The van der Waals surface area contributed by atoms with Gasteiger partial charge in [0.05, 0.1) is 11.9 Å². The lowest BCUT2D eigenvalue weighted by Crippen LogP contribution is -2.25. The highest BCUT2D eigenvalue weighted by molar-refractivity contribution is 5.92. The van der Waals surface area contributed by atoms with Crippen LogP contribution in [0.4, 0.5) is 5.69 Å². The van der Waals surface area contributed by atoms with E-state index in [0.717, 1.165) is 24.3 Å². The van der Waals surface area contributed by atoms with Crippen LogP contribution in [0.25, 0.3) is 0 Å². The minimum absolute atomic E-state index is 0.176. The van der Waals surface area contributed by atoms with Gasteiger partial charge in [-0.05, 0) is 37.6 Å². The summed E-state index contributed by atoms with van der Waals surface area (Å²) in [4.78, 5) is 22.5. The Morgan fingerprint density at radius 2 is 2.00 bits per heavy atom. The van der Waals surface area contributed by atoms with Crippen molar-refractivity contribution in [2.24, 2.45) is 0 Å². The van der Waals surface area contributed by atoms with Crippen molar-refractivity contribution in [3.63, 3.8) is 0 Å². The number of anilines is 1. The summed E-state index contributed by atoms with van der Waals surface area (Å²) in [5.74, 6) is -0.176. The number of nitrogens with one attached hydrogen (secondary N) is 1. The highest BCUT2D eigenvalue weighted by Crippen LogP contribution is 2.12. The summed E-state index contributed by atoms with van der Waals surface area (Å²) in [5, 5.41) is 2.84. The summed E-state index contributed by atoms with van der Waals surface area (Å²) < 4.78 is 0. The smallest absolute Gasteiger partial charge is 0.270 e. The number of amides is 1. The number of rotatable bonds is 6. The maximum Gasteiger partial charge on any atom is 0.270 e. The Labute approximate surface area is 125 Å². The van der Waals surface area contributed by atoms with Crippen molar-refractivity contribution in [1.82, 2.24) is 15.3 Å². The summed E-state index contributed by atoms with van der Waals surface area (Å²) in [6, 6.07) is 7.45. The van der Waals surface area contributed by atoms with Gasteiger partial charge in [-0.25, -0.2) is 4.98 Å². The fraction of sp³-hybridized carbons (Fsp3) is 0.312. The van der Waals surface area contributed by atoms with Gasteiger partial charge in [0.1, 0.15) is 5.69 Å². The van der Waals surface area contributed by atoms with E-state index in [2.05, 4.69) is 34.0 Å². The van der Waals surface area contributed by atoms with E-state index < -0.39 is 0 Å². The third-order valence-electron chi connectivity index (χ3n) is 3.28. The van der Waals surface area contributed by atoms with Crippen LogP contribution in [0.3, 0.4) is 0 Å². The largest absolute Gasteiger partial charge is 0.371 e. The van der Waals surface area contributed by atoms with Crippen LogP contribution in [-0.4, -0.2) is 29.0 Å². The zero-order chi connectivity index (χ0) is 15.1. The number of hydrogen-bond donors (Lipinski definition) is 1. The summed E-state index contributed by atoms with van der Waals surface area (Å²) in [6.45, 7) is 6.48. The minimum Gasteiger partial charge on any atom is -0.371 e. The Bertz CT molecular complexity index is 565. The first-order valence-electron chi connectivity index (χ1n) is 7.12. The van der Waals surface area contributed by atoms with Crippen LogP contribution in [0, 0.1) is 0 Å². The molecule has 0 bridgehead atoms. The fourth-order valence-corrected chi connectivity index (χ4v) is 2.07. The second-order valence-electron chi connectivity index (χ2n) is 4.62. The molecule has 5 nitrogen and oxygen atoms in total. The van der Waals surface area contributed by atoms with E-state index in [4.69, 9.17) is 0 Å². The molecule has 0 aromatic carbocycles. The van der Waals surface area contributed by atoms with Gasteiger partial charge >= 0.3 is 0 Å². The molecule has 1 amide bonds. The molecule has 0 aliphatic heterocycles. The first-order valence-corrected chi connectivity index (χ1v) is 7.12. The van der Waals surface area contributed by atoms with Crippen LogP contribution < -0.4 is 10.2 Å². The molecule has 2 rings (SSSR count). The number of aromatic nitrogens is 2. The second kappa shape index (κ2) is 7.38. The van der Waals surface area contributed by atoms with Gasteiger partial charge in [0.2, 0.25) is 0 Å². The molecule has 2 aromatic heterocycles. The number of nitrogens with zero attached hydrogens (tertiary/aromatic N) is 3. The van der Waals surface area contributed by atoms with E-state index in [9.17, 15) is 4.79 Å². The molecular formula is C16H20N4O. The van der Waals surface area contributed by atoms with Gasteiger partial charge in [-0.15, -0.1) is 0 Å². The SMILES string of the molecule is CCN(CC)c1ccc(C(=O)NCc2cccnc2)nc1. The van der Waals surface area contributed by atoms with E-state index in [1.54, 1.807) is 24.7 Å². The van der Waals surface area contributed by atoms with Crippen LogP contribution in [0.15, 0.2) is 42.9 Å². The van der Waals surface area contributed by atoms with Gasteiger partial charge in [0, 0.05) is 32.0 Å². The van der Waals surface area contributed by atoms with Gasteiger partial charge < -0.3 is 10.2 Å². The van der Waals surface area contributed by atoms with Crippen molar-refractivity contribution in [2.75, 3.05) is 18.0 Å². The van der Waals surface area contributed by atoms with Crippen LogP contribution in [-0.2, 0) is 6.54 Å². The van der Waals surface area contributed by atoms with E-state index in [1.807, 2.05) is 18.2 Å². The summed E-state index contributed by atoms with van der Waals surface area (Å²) in [6.07, 6.45) is 5.18. The Balaban J connectivity index is 1.97. The molecule has 110 valence electrons.